The van der Waals surface area contributed by atoms with Gasteiger partial charge >= 0.3 is 0 Å². The maximum atomic E-state index is 13.6. The summed E-state index contributed by atoms with van der Waals surface area (Å²) in [6.07, 6.45) is 4.46. The molecule has 0 amide bonds. The van der Waals surface area contributed by atoms with Crippen LogP contribution in [0.2, 0.25) is 0 Å². The van der Waals surface area contributed by atoms with Gasteiger partial charge in [-0.05, 0) is 60.3 Å². The lowest BCUT2D eigenvalue weighted by Gasteiger charge is -2.12. The van der Waals surface area contributed by atoms with Crippen molar-refractivity contribution >= 4 is 43.9 Å². The number of hydrogen-bond donors (Lipinski definition) is 3. The molecular formula is C26H29N5O3S. The van der Waals surface area contributed by atoms with E-state index in [-0.39, 0.29) is 10.9 Å². The van der Waals surface area contributed by atoms with E-state index < -0.39 is 16.1 Å². The van der Waals surface area contributed by atoms with E-state index >= 15 is 0 Å². The summed E-state index contributed by atoms with van der Waals surface area (Å²) in [5, 5.41) is 5.87. The van der Waals surface area contributed by atoms with Gasteiger partial charge < -0.3 is 21.6 Å². The van der Waals surface area contributed by atoms with Crippen molar-refractivity contribution in [3.05, 3.63) is 78.5 Å². The van der Waals surface area contributed by atoms with Gasteiger partial charge in [0.05, 0.1) is 16.5 Å². The van der Waals surface area contributed by atoms with Crippen LogP contribution in [-0.2, 0) is 21.2 Å². The second-order valence-corrected chi connectivity index (χ2v) is 10.2. The Morgan fingerprint density at radius 3 is 2.51 bits per heavy atom. The molecule has 0 aliphatic carbocycles. The number of carbonyl (C=O) groups is 1. The number of carbonyl (C=O) groups excluding carboxylic acids is 1. The number of aromatic nitrogens is 1. The van der Waals surface area contributed by atoms with E-state index in [4.69, 9.17) is 11.5 Å². The van der Waals surface area contributed by atoms with Gasteiger partial charge in [0.15, 0.2) is 5.96 Å². The summed E-state index contributed by atoms with van der Waals surface area (Å²) in [4.78, 5) is 15.9. The number of para-hydroxylation sites is 1. The first-order chi connectivity index (χ1) is 16.9. The SMILES string of the molecule is NC(N)=NCCCCN[C@@H](C=O)Cc1cn(S(=O)(=O)c2ccc3ccccc3c2)c2ccccc12. The lowest BCUT2D eigenvalue weighted by Crippen LogP contribution is -2.33. The fourth-order valence-electron chi connectivity index (χ4n) is 4.16. The molecule has 0 aliphatic heterocycles. The molecule has 182 valence electrons. The van der Waals surface area contributed by atoms with E-state index in [9.17, 15) is 13.2 Å². The summed E-state index contributed by atoms with van der Waals surface area (Å²) in [7, 11) is -3.84. The number of nitrogens with zero attached hydrogens (tertiary/aromatic N) is 2. The number of aliphatic imine (C=N–C) groups is 1. The molecule has 0 fully saturated rings. The Bertz CT molecular complexity index is 1470. The number of hydrogen-bond acceptors (Lipinski definition) is 5. The predicted molar refractivity (Wildman–Crippen MR) is 140 cm³/mol. The van der Waals surface area contributed by atoms with E-state index in [1.807, 2.05) is 48.5 Å². The number of nitrogens with two attached hydrogens (primary N) is 2. The summed E-state index contributed by atoms with van der Waals surface area (Å²) in [5.74, 6) is 0.0683. The lowest BCUT2D eigenvalue weighted by molar-refractivity contribution is -0.109. The molecule has 0 saturated heterocycles. The number of aldehydes is 1. The van der Waals surface area contributed by atoms with Crippen LogP contribution in [0.4, 0.5) is 0 Å². The normalized spacial score (nSPS) is 12.6. The van der Waals surface area contributed by atoms with Crippen LogP contribution >= 0.6 is 0 Å². The number of benzene rings is 3. The van der Waals surface area contributed by atoms with Gasteiger partial charge in [-0.1, -0.05) is 48.5 Å². The van der Waals surface area contributed by atoms with E-state index in [0.29, 0.717) is 25.0 Å². The molecule has 9 heteroatoms. The van der Waals surface area contributed by atoms with Gasteiger partial charge in [-0.3, -0.25) is 4.99 Å². The Morgan fingerprint density at radius 1 is 1.00 bits per heavy atom. The molecule has 1 atom stereocenters. The molecule has 0 unspecified atom stereocenters. The Kier molecular flexibility index (Phi) is 7.48. The third-order valence-corrected chi connectivity index (χ3v) is 7.60. The summed E-state index contributed by atoms with van der Waals surface area (Å²) >= 11 is 0. The number of nitrogens with one attached hydrogen (secondary N) is 1. The number of unbranched alkanes of at least 4 members (excludes halogenated alkanes) is 1. The second-order valence-electron chi connectivity index (χ2n) is 8.40. The summed E-state index contributed by atoms with van der Waals surface area (Å²) in [6.45, 7) is 1.16. The van der Waals surface area contributed by atoms with Gasteiger partial charge in [-0.25, -0.2) is 12.4 Å². The maximum absolute atomic E-state index is 13.6. The monoisotopic (exact) mass is 491 g/mol. The molecule has 1 aromatic heterocycles. The van der Waals surface area contributed by atoms with Crippen molar-refractivity contribution in [2.24, 2.45) is 16.5 Å². The molecule has 4 aromatic rings. The van der Waals surface area contributed by atoms with Crippen LogP contribution in [0.1, 0.15) is 18.4 Å². The van der Waals surface area contributed by atoms with Crippen LogP contribution in [0.25, 0.3) is 21.7 Å². The Morgan fingerprint density at radius 2 is 1.74 bits per heavy atom. The van der Waals surface area contributed by atoms with Crippen molar-refractivity contribution < 1.29 is 13.2 Å². The molecule has 0 aliphatic rings. The first-order valence-electron chi connectivity index (χ1n) is 11.5. The highest BCUT2D eigenvalue weighted by atomic mass is 32.2. The molecule has 3 aromatic carbocycles. The summed E-state index contributed by atoms with van der Waals surface area (Å²) < 4.78 is 28.6. The Labute approximate surface area is 204 Å². The maximum Gasteiger partial charge on any atom is 0.268 e. The molecule has 0 spiro atoms. The summed E-state index contributed by atoms with van der Waals surface area (Å²) in [6, 6.07) is 19.7. The van der Waals surface area contributed by atoms with E-state index in [2.05, 4.69) is 10.3 Å². The summed E-state index contributed by atoms with van der Waals surface area (Å²) in [5.41, 5.74) is 12.0. The highest BCUT2D eigenvalue weighted by Crippen LogP contribution is 2.28. The van der Waals surface area contributed by atoms with E-state index in [1.54, 1.807) is 24.4 Å². The predicted octanol–water partition coefficient (Wildman–Crippen LogP) is 2.78. The van der Waals surface area contributed by atoms with Crippen LogP contribution in [0.3, 0.4) is 0 Å². The largest absolute Gasteiger partial charge is 0.370 e. The molecule has 0 saturated carbocycles. The van der Waals surface area contributed by atoms with Gasteiger partial charge in [0.25, 0.3) is 10.0 Å². The van der Waals surface area contributed by atoms with Crippen LogP contribution in [0.15, 0.2) is 82.8 Å². The van der Waals surface area contributed by atoms with Crippen molar-refractivity contribution in [2.75, 3.05) is 13.1 Å². The molecule has 5 N–H and O–H groups in total. The molecule has 0 bridgehead atoms. The number of guanidine groups is 1. The number of fused-ring (bicyclic) bond motifs is 2. The fourth-order valence-corrected chi connectivity index (χ4v) is 5.59. The van der Waals surface area contributed by atoms with Crippen molar-refractivity contribution in [2.45, 2.75) is 30.2 Å². The van der Waals surface area contributed by atoms with Gasteiger partial charge in [0, 0.05) is 18.1 Å². The zero-order valence-corrected chi connectivity index (χ0v) is 20.1. The standard InChI is InChI=1S/C26H29N5O3S/c27-26(28)30-14-6-5-13-29-22(18-32)15-21-17-31(25-10-4-3-9-24(21)25)35(33,34)23-12-11-19-7-1-2-8-20(19)16-23/h1-4,7-12,16-18,22,29H,5-6,13-15H2,(H4,27,28,30)/t22-/m1/s1. The minimum Gasteiger partial charge on any atom is -0.370 e. The average Bonchev–Trinajstić information content (AvgIpc) is 3.24. The topological polar surface area (TPSA) is 133 Å². The molecule has 0 radical (unpaired) electrons. The molecular weight excluding hydrogens is 462 g/mol. The first-order valence-corrected chi connectivity index (χ1v) is 12.9. The van der Waals surface area contributed by atoms with E-state index in [1.165, 1.54) is 3.97 Å². The van der Waals surface area contributed by atoms with Gasteiger partial charge in [-0.15, -0.1) is 0 Å². The fraction of sp³-hybridized carbons (Fsp3) is 0.231. The second kappa shape index (κ2) is 10.7. The smallest absolute Gasteiger partial charge is 0.268 e. The number of rotatable bonds is 11. The van der Waals surface area contributed by atoms with Gasteiger partial charge in [-0.2, -0.15) is 0 Å². The highest BCUT2D eigenvalue weighted by Gasteiger charge is 2.22. The van der Waals surface area contributed by atoms with Gasteiger partial charge in [0.1, 0.15) is 6.29 Å². The van der Waals surface area contributed by atoms with Crippen molar-refractivity contribution in [3.63, 3.8) is 0 Å². The molecule has 8 nitrogen and oxygen atoms in total. The molecule has 35 heavy (non-hydrogen) atoms. The van der Waals surface area contributed by atoms with Crippen LogP contribution in [0.5, 0.6) is 0 Å². The third-order valence-electron chi connectivity index (χ3n) is 5.93. The highest BCUT2D eigenvalue weighted by molar-refractivity contribution is 7.90. The minimum atomic E-state index is -3.84. The van der Waals surface area contributed by atoms with Crippen LogP contribution in [-0.4, -0.2) is 43.8 Å². The zero-order chi connectivity index (χ0) is 24.8. The van der Waals surface area contributed by atoms with Crippen LogP contribution < -0.4 is 16.8 Å². The lowest BCUT2D eigenvalue weighted by atomic mass is 10.1. The average molecular weight is 492 g/mol. The molecule has 4 rings (SSSR count). The van der Waals surface area contributed by atoms with E-state index in [0.717, 1.165) is 40.8 Å². The first kappa shape index (κ1) is 24.4. The van der Waals surface area contributed by atoms with Crippen molar-refractivity contribution in [1.29, 1.82) is 0 Å². The zero-order valence-electron chi connectivity index (χ0n) is 19.3. The molecule has 1 heterocycles. The van der Waals surface area contributed by atoms with Crippen molar-refractivity contribution in [1.82, 2.24) is 9.29 Å². The third kappa shape index (κ3) is 5.52. The van der Waals surface area contributed by atoms with Crippen molar-refractivity contribution in [3.8, 4) is 0 Å². The minimum absolute atomic E-state index is 0.0683. The quantitative estimate of drug-likeness (QED) is 0.128. The van der Waals surface area contributed by atoms with Crippen LogP contribution in [0, 0.1) is 0 Å². The van der Waals surface area contributed by atoms with Gasteiger partial charge in [0.2, 0.25) is 0 Å². The Hall–Kier alpha value is -3.69. The Balaban J connectivity index is 1.58.